The first-order valence-electron chi connectivity index (χ1n) is 12.9. The number of ether oxygens (including phenoxy) is 1. The van der Waals surface area contributed by atoms with Crippen molar-refractivity contribution in [2.45, 2.75) is 74.7 Å². The highest BCUT2D eigenvalue weighted by Gasteiger charge is 2.79. The molecule has 1 aliphatic rings. The quantitative estimate of drug-likeness (QED) is 0.208. The van der Waals surface area contributed by atoms with E-state index in [1.165, 1.54) is 30.3 Å². The predicted octanol–water partition coefficient (Wildman–Crippen LogP) is 1.51. The van der Waals surface area contributed by atoms with Crippen LogP contribution in [0.25, 0.3) is 0 Å². The minimum atomic E-state index is -5.92. The van der Waals surface area contributed by atoms with Crippen molar-refractivity contribution in [1.82, 2.24) is 0 Å². The molecule has 4 N–H and O–H groups in total. The number of ketones is 4. The number of hydrogen-bond donors (Lipinski definition) is 4. The van der Waals surface area contributed by atoms with Gasteiger partial charge in [-0.1, -0.05) is 35.9 Å². The molecule has 6 atom stereocenters. The van der Waals surface area contributed by atoms with Gasteiger partial charge in [-0.05, 0) is 69.0 Å². The molecule has 0 bridgehead atoms. The first-order valence-corrected chi connectivity index (χ1v) is 14.7. The highest BCUT2D eigenvalue weighted by Crippen LogP contribution is 2.53. The van der Waals surface area contributed by atoms with Crippen LogP contribution >= 0.6 is 11.6 Å². The number of hydrogen-bond acceptors (Lipinski definition) is 12. The number of carbonyl (C=O) groups excluding carboxylic acids is 4. The monoisotopic (exact) mass is 680 g/mol. The van der Waals surface area contributed by atoms with E-state index in [0.717, 1.165) is 26.0 Å². The van der Waals surface area contributed by atoms with Crippen LogP contribution in [-0.2, 0) is 40.5 Å². The number of carbonyl (C=O) groups is 4. The second-order valence-corrected chi connectivity index (χ2v) is 12.5. The van der Waals surface area contributed by atoms with Crippen LogP contribution < -0.4 is 4.18 Å². The molecule has 45 heavy (non-hydrogen) atoms. The largest absolute Gasteiger partial charge is 0.534 e. The summed E-state index contributed by atoms with van der Waals surface area (Å²) in [4.78, 5) is 51.0. The normalized spacial score (nSPS) is 27.8. The third kappa shape index (κ3) is 5.91. The first kappa shape index (κ1) is 36.2. The van der Waals surface area contributed by atoms with Crippen LogP contribution in [0.4, 0.5) is 13.2 Å². The minimum Gasteiger partial charge on any atom is -0.382 e. The van der Waals surface area contributed by atoms with E-state index in [-0.39, 0.29) is 22.6 Å². The third-order valence-electron chi connectivity index (χ3n) is 7.64. The zero-order valence-corrected chi connectivity index (χ0v) is 25.5. The summed E-state index contributed by atoms with van der Waals surface area (Å²) in [5.74, 6) is -5.95. The molecule has 1 unspecified atom stereocenters. The maximum atomic E-state index is 13.0. The SMILES string of the molecule is CC(=O)C(O)[C@H]1O[C@@H](c2ccc(Cl)c(Cc3ccc(OS(=O)(=O)C(F)(F)F)cc3)c2)[C@@](O)(C(C)=O)[C@](O)(C(C)=O)[C@@]1(O)C(C)=O. The number of rotatable bonds is 10. The molecule has 1 heterocycles. The topological polar surface area (TPSA) is 202 Å². The Balaban J connectivity index is 2.15. The Bertz CT molecular complexity index is 1640. The van der Waals surface area contributed by atoms with E-state index in [4.69, 9.17) is 16.3 Å². The smallest absolute Gasteiger partial charge is 0.382 e. The van der Waals surface area contributed by atoms with Crippen LogP contribution in [0.5, 0.6) is 5.75 Å². The minimum absolute atomic E-state index is 0.0586. The molecule has 1 saturated heterocycles. The van der Waals surface area contributed by atoms with Crippen molar-refractivity contribution in [3.63, 3.8) is 0 Å². The van der Waals surface area contributed by atoms with Crippen molar-refractivity contribution in [1.29, 1.82) is 0 Å². The van der Waals surface area contributed by atoms with Crippen molar-refractivity contribution >= 4 is 44.9 Å². The Labute approximate surface area is 259 Å². The van der Waals surface area contributed by atoms with E-state index in [1.807, 2.05) is 0 Å². The average Bonchev–Trinajstić information content (AvgIpc) is 2.92. The maximum absolute atomic E-state index is 13.0. The van der Waals surface area contributed by atoms with Gasteiger partial charge in [-0.3, -0.25) is 19.2 Å². The lowest BCUT2D eigenvalue weighted by Crippen LogP contribution is -2.85. The van der Waals surface area contributed by atoms with Gasteiger partial charge < -0.3 is 29.3 Å². The Morgan fingerprint density at radius 2 is 1.47 bits per heavy atom. The van der Waals surface area contributed by atoms with Crippen LogP contribution in [0, 0.1) is 0 Å². The Hall–Kier alpha value is -3.25. The van der Waals surface area contributed by atoms with Crippen LogP contribution in [0.2, 0.25) is 5.02 Å². The lowest BCUT2D eigenvalue weighted by molar-refractivity contribution is -0.329. The van der Waals surface area contributed by atoms with Gasteiger partial charge in [0.15, 0.2) is 39.9 Å². The number of alkyl halides is 3. The van der Waals surface area contributed by atoms with E-state index < -0.39 is 79.6 Å². The summed E-state index contributed by atoms with van der Waals surface area (Å²) in [6.07, 6.45) is -6.93. The summed E-state index contributed by atoms with van der Waals surface area (Å²) >= 11 is 6.33. The van der Waals surface area contributed by atoms with Crippen molar-refractivity contribution < 1.29 is 70.1 Å². The molecule has 0 radical (unpaired) electrons. The molecule has 246 valence electrons. The highest BCUT2D eigenvalue weighted by molar-refractivity contribution is 7.88. The standard InChI is InChI=1S/C28H28ClF3O12S/c1-13(33)22(37)24-26(39,15(3)35)27(40,16(4)36)25(38,14(2)34)23(43-24)18-7-10-21(29)19(12-18)11-17-5-8-20(9-6-17)44-45(41,42)28(30,31)32/h5-10,12,22-24,37-40H,11H2,1-4H3/t22?,23-,24+,25-,26+,27+/m0/s1. The van der Waals surface area contributed by atoms with Crippen LogP contribution in [-0.4, -0.2) is 86.5 Å². The van der Waals surface area contributed by atoms with Crippen molar-refractivity contribution in [2.24, 2.45) is 0 Å². The average molecular weight is 681 g/mol. The molecular formula is C28H28ClF3O12S. The number of aliphatic hydroxyl groups excluding tert-OH is 1. The molecule has 12 nitrogen and oxygen atoms in total. The van der Waals surface area contributed by atoms with E-state index in [9.17, 15) is 61.2 Å². The second kappa shape index (κ2) is 12.2. The van der Waals surface area contributed by atoms with Gasteiger partial charge in [0, 0.05) is 5.02 Å². The molecule has 3 rings (SSSR count). The highest BCUT2D eigenvalue weighted by atomic mass is 35.5. The molecule has 0 aliphatic carbocycles. The van der Waals surface area contributed by atoms with Crippen LogP contribution in [0.1, 0.15) is 50.5 Å². The Morgan fingerprint density at radius 3 is 1.91 bits per heavy atom. The predicted molar refractivity (Wildman–Crippen MR) is 147 cm³/mol. The zero-order valence-electron chi connectivity index (χ0n) is 24.0. The summed E-state index contributed by atoms with van der Waals surface area (Å²) in [6.45, 7) is 2.96. The van der Waals surface area contributed by atoms with E-state index in [2.05, 4.69) is 4.18 Å². The van der Waals surface area contributed by atoms with Gasteiger partial charge in [0.1, 0.15) is 24.1 Å². The van der Waals surface area contributed by atoms with Crippen molar-refractivity contribution in [3.05, 3.63) is 64.2 Å². The van der Waals surface area contributed by atoms with Gasteiger partial charge in [0.25, 0.3) is 0 Å². The molecule has 0 spiro atoms. The van der Waals surface area contributed by atoms with Crippen molar-refractivity contribution in [2.75, 3.05) is 0 Å². The van der Waals surface area contributed by atoms with Gasteiger partial charge >= 0.3 is 15.6 Å². The molecule has 1 aliphatic heterocycles. The zero-order chi connectivity index (χ0) is 34.5. The molecule has 2 aromatic rings. The van der Waals surface area contributed by atoms with Gasteiger partial charge in [-0.2, -0.15) is 21.6 Å². The molecule has 1 fully saturated rings. The van der Waals surface area contributed by atoms with Gasteiger partial charge in [0.05, 0.1) is 0 Å². The summed E-state index contributed by atoms with van der Waals surface area (Å²) in [7, 11) is -5.92. The Kier molecular flexibility index (Phi) is 9.79. The molecule has 17 heteroatoms. The summed E-state index contributed by atoms with van der Waals surface area (Å²) in [6, 6.07) is 7.99. The van der Waals surface area contributed by atoms with Gasteiger partial charge in [0.2, 0.25) is 0 Å². The Morgan fingerprint density at radius 1 is 0.933 bits per heavy atom. The maximum Gasteiger partial charge on any atom is 0.534 e. The van der Waals surface area contributed by atoms with Crippen LogP contribution in [0.3, 0.4) is 0 Å². The third-order valence-corrected chi connectivity index (χ3v) is 8.99. The summed E-state index contributed by atoms with van der Waals surface area (Å²) in [5.41, 5.74) is -15.9. The number of aliphatic hydroxyl groups is 4. The van der Waals surface area contributed by atoms with Gasteiger partial charge in [-0.25, -0.2) is 0 Å². The summed E-state index contributed by atoms with van der Waals surface area (Å²) < 4.78 is 70.2. The fourth-order valence-electron chi connectivity index (χ4n) is 5.25. The molecular weight excluding hydrogens is 653 g/mol. The number of benzene rings is 2. The fourth-order valence-corrected chi connectivity index (χ4v) is 5.89. The van der Waals surface area contributed by atoms with E-state index in [1.54, 1.807) is 0 Å². The van der Waals surface area contributed by atoms with Crippen molar-refractivity contribution in [3.8, 4) is 5.75 Å². The van der Waals surface area contributed by atoms with E-state index >= 15 is 0 Å². The molecule has 0 saturated carbocycles. The van der Waals surface area contributed by atoms with E-state index in [0.29, 0.717) is 19.4 Å². The molecule has 0 amide bonds. The fraction of sp³-hybridized carbons (Fsp3) is 0.429. The van der Waals surface area contributed by atoms with Gasteiger partial charge in [-0.15, -0.1) is 0 Å². The van der Waals surface area contributed by atoms with Crippen LogP contribution in [0.15, 0.2) is 42.5 Å². The first-order chi connectivity index (χ1) is 20.5. The lowest BCUT2D eigenvalue weighted by atomic mass is 9.57. The number of Topliss-reactive ketones (excluding diaryl/α,β-unsaturated/α-hetero) is 4. The summed E-state index contributed by atoms with van der Waals surface area (Å²) in [5, 5.41) is 45.7. The molecule has 0 aromatic heterocycles. The lowest BCUT2D eigenvalue weighted by Gasteiger charge is -2.58. The number of halogens is 4. The second-order valence-electron chi connectivity index (χ2n) is 10.6. The molecule has 2 aromatic carbocycles.